The van der Waals surface area contributed by atoms with Gasteiger partial charge in [-0.15, -0.1) is 11.6 Å². The molecule has 0 bridgehead atoms. The van der Waals surface area contributed by atoms with Gasteiger partial charge in [0.05, 0.1) is 17.6 Å². The van der Waals surface area contributed by atoms with Crippen LogP contribution in [-0.2, 0) is 14.2 Å². The predicted molar refractivity (Wildman–Crippen MR) is 76.5 cm³/mol. The highest BCUT2D eigenvalue weighted by atomic mass is 35.5. The van der Waals surface area contributed by atoms with Gasteiger partial charge in [-0.25, -0.2) is 0 Å². The smallest absolute Gasteiger partial charge is 0.159 e. The fourth-order valence-corrected chi connectivity index (χ4v) is 4.02. The molecular formula is C15H27ClO3. The topological polar surface area (TPSA) is 27.7 Å². The van der Waals surface area contributed by atoms with Crippen LogP contribution in [0.3, 0.4) is 0 Å². The van der Waals surface area contributed by atoms with E-state index in [1.54, 1.807) is 14.2 Å². The number of hydrogen-bond acceptors (Lipinski definition) is 3. The van der Waals surface area contributed by atoms with E-state index in [0.29, 0.717) is 17.9 Å². The molecule has 0 N–H and O–H groups in total. The van der Waals surface area contributed by atoms with E-state index < -0.39 is 0 Å². The molecule has 1 aliphatic carbocycles. The van der Waals surface area contributed by atoms with Crippen LogP contribution in [0, 0.1) is 11.8 Å². The van der Waals surface area contributed by atoms with E-state index in [0.717, 1.165) is 25.7 Å². The third-order valence-corrected chi connectivity index (χ3v) is 5.22. The number of hydrogen-bond donors (Lipinski definition) is 0. The van der Waals surface area contributed by atoms with Gasteiger partial charge < -0.3 is 14.2 Å². The molecule has 2 aliphatic rings. The van der Waals surface area contributed by atoms with Crippen molar-refractivity contribution >= 4 is 11.6 Å². The number of rotatable bonds is 7. The summed E-state index contributed by atoms with van der Waals surface area (Å²) in [7, 11) is 3.45. The van der Waals surface area contributed by atoms with Crippen LogP contribution in [-0.4, -0.2) is 38.1 Å². The molecule has 0 aromatic carbocycles. The molecule has 2 rings (SSSR count). The molecule has 1 saturated carbocycles. The van der Waals surface area contributed by atoms with Crippen molar-refractivity contribution in [1.82, 2.24) is 0 Å². The van der Waals surface area contributed by atoms with Gasteiger partial charge in [0.25, 0.3) is 0 Å². The lowest BCUT2D eigenvalue weighted by Crippen LogP contribution is -2.29. The van der Waals surface area contributed by atoms with Crippen molar-refractivity contribution in [3.63, 3.8) is 0 Å². The Labute approximate surface area is 121 Å². The lowest BCUT2D eigenvalue weighted by molar-refractivity contribution is -0.145. The SMILES string of the molecule is CCCCC(Cl)C1CC2C(CCC2C(OC)OC)O1. The number of alkyl halides is 1. The second-order valence-corrected chi connectivity index (χ2v) is 6.41. The second-order valence-electron chi connectivity index (χ2n) is 5.85. The van der Waals surface area contributed by atoms with Crippen LogP contribution in [0.2, 0.25) is 0 Å². The summed E-state index contributed by atoms with van der Waals surface area (Å²) < 4.78 is 17.1. The van der Waals surface area contributed by atoms with Crippen molar-refractivity contribution in [2.24, 2.45) is 11.8 Å². The molecule has 4 heteroatoms. The van der Waals surface area contributed by atoms with Crippen LogP contribution in [0.1, 0.15) is 45.4 Å². The lowest BCUT2D eigenvalue weighted by Gasteiger charge is -2.25. The highest BCUT2D eigenvalue weighted by molar-refractivity contribution is 6.21. The van der Waals surface area contributed by atoms with E-state index >= 15 is 0 Å². The Morgan fingerprint density at radius 1 is 1.26 bits per heavy atom. The molecule has 1 saturated heterocycles. The normalized spacial score (nSPS) is 35.8. The zero-order chi connectivity index (χ0) is 13.8. The Morgan fingerprint density at radius 3 is 2.63 bits per heavy atom. The molecular weight excluding hydrogens is 264 g/mol. The third-order valence-electron chi connectivity index (χ3n) is 4.72. The van der Waals surface area contributed by atoms with Crippen molar-refractivity contribution < 1.29 is 14.2 Å². The van der Waals surface area contributed by atoms with Crippen LogP contribution < -0.4 is 0 Å². The first-order chi connectivity index (χ1) is 9.21. The maximum Gasteiger partial charge on any atom is 0.159 e. The van der Waals surface area contributed by atoms with E-state index in [1.807, 2.05) is 0 Å². The van der Waals surface area contributed by atoms with Gasteiger partial charge in [0, 0.05) is 20.1 Å². The summed E-state index contributed by atoms with van der Waals surface area (Å²) in [6, 6.07) is 0. The van der Waals surface area contributed by atoms with Gasteiger partial charge in [-0.3, -0.25) is 0 Å². The van der Waals surface area contributed by atoms with Crippen molar-refractivity contribution in [3.8, 4) is 0 Å². The number of halogens is 1. The Balaban J connectivity index is 1.89. The molecule has 5 atom stereocenters. The summed E-state index contributed by atoms with van der Waals surface area (Å²) in [6.45, 7) is 2.20. The van der Waals surface area contributed by atoms with Crippen molar-refractivity contribution in [2.75, 3.05) is 14.2 Å². The lowest BCUT2D eigenvalue weighted by atomic mass is 9.90. The molecule has 0 aromatic rings. The van der Waals surface area contributed by atoms with Crippen LogP contribution in [0.25, 0.3) is 0 Å². The van der Waals surface area contributed by atoms with E-state index in [-0.39, 0.29) is 17.8 Å². The van der Waals surface area contributed by atoms with Crippen LogP contribution in [0.4, 0.5) is 0 Å². The molecule has 0 aromatic heterocycles. The molecule has 1 heterocycles. The zero-order valence-corrected chi connectivity index (χ0v) is 13.1. The van der Waals surface area contributed by atoms with E-state index in [1.165, 1.54) is 12.8 Å². The van der Waals surface area contributed by atoms with Crippen molar-refractivity contribution in [1.29, 1.82) is 0 Å². The van der Waals surface area contributed by atoms with Gasteiger partial charge >= 0.3 is 0 Å². The number of unbranched alkanes of at least 4 members (excludes halogenated alkanes) is 1. The molecule has 2 fully saturated rings. The summed E-state index contributed by atoms with van der Waals surface area (Å²) in [5.41, 5.74) is 0. The average Bonchev–Trinajstić information content (AvgIpc) is 2.99. The summed E-state index contributed by atoms with van der Waals surface area (Å²) in [6.07, 6.45) is 7.25. The molecule has 0 spiro atoms. The highest BCUT2D eigenvalue weighted by Crippen LogP contribution is 2.46. The molecule has 5 unspecified atom stereocenters. The second kappa shape index (κ2) is 7.26. The van der Waals surface area contributed by atoms with Gasteiger partial charge in [0.2, 0.25) is 0 Å². The minimum absolute atomic E-state index is 0.0956. The third kappa shape index (κ3) is 3.44. The standard InChI is InChI=1S/C15H27ClO3/c1-4-5-6-12(16)14-9-11-10(15(17-2)18-3)7-8-13(11)19-14/h10-15H,4-9H2,1-3H3. The maximum atomic E-state index is 6.49. The number of ether oxygens (including phenoxy) is 3. The quantitative estimate of drug-likeness (QED) is 0.530. The van der Waals surface area contributed by atoms with Gasteiger partial charge in [-0.1, -0.05) is 19.8 Å². The van der Waals surface area contributed by atoms with E-state index in [9.17, 15) is 0 Å². The van der Waals surface area contributed by atoms with Crippen LogP contribution in [0.15, 0.2) is 0 Å². The Morgan fingerprint density at radius 2 is 2.00 bits per heavy atom. The summed E-state index contributed by atoms with van der Waals surface area (Å²) in [4.78, 5) is 0. The molecule has 3 nitrogen and oxygen atoms in total. The van der Waals surface area contributed by atoms with E-state index in [2.05, 4.69) is 6.92 Å². The first-order valence-electron chi connectivity index (χ1n) is 7.56. The van der Waals surface area contributed by atoms with Crippen LogP contribution in [0.5, 0.6) is 0 Å². The zero-order valence-electron chi connectivity index (χ0n) is 12.3. The fraction of sp³-hybridized carbons (Fsp3) is 1.00. The predicted octanol–water partition coefficient (Wildman–Crippen LogP) is 3.59. The van der Waals surface area contributed by atoms with Gasteiger partial charge in [-0.05, 0) is 31.6 Å². The van der Waals surface area contributed by atoms with Gasteiger partial charge in [0.1, 0.15) is 0 Å². The fourth-order valence-electron chi connectivity index (χ4n) is 3.71. The summed E-state index contributed by atoms with van der Waals surface area (Å²) >= 11 is 6.49. The van der Waals surface area contributed by atoms with Crippen molar-refractivity contribution in [2.45, 2.75) is 69.3 Å². The molecule has 112 valence electrons. The maximum absolute atomic E-state index is 6.49. The highest BCUT2D eigenvalue weighted by Gasteiger charge is 2.48. The minimum Gasteiger partial charge on any atom is -0.373 e. The monoisotopic (exact) mass is 290 g/mol. The number of methoxy groups -OCH3 is 2. The molecule has 0 amide bonds. The Hall–Kier alpha value is 0.170. The number of fused-ring (bicyclic) bond motifs is 1. The largest absolute Gasteiger partial charge is 0.373 e. The molecule has 0 radical (unpaired) electrons. The van der Waals surface area contributed by atoms with Gasteiger partial charge in [-0.2, -0.15) is 0 Å². The Kier molecular flexibility index (Phi) is 5.94. The summed E-state index contributed by atoms with van der Waals surface area (Å²) in [5.74, 6) is 1.01. The van der Waals surface area contributed by atoms with Crippen LogP contribution >= 0.6 is 11.6 Å². The first-order valence-corrected chi connectivity index (χ1v) is 8.00. The average molecular weight is 291 g/mol. The first kappa shape index (κ1) is 15.6. The molecule has 1 aliphatic heterocycles. The van der Waals surface area contributed by atoms with Gasteiger partial charge in [0.15, 0.2) is 6.29 Å². The minimum atomic E-state index is -0.0956. The van der Waals surface area contributed by atoms with E-state index in [4.69, 9.17) is 25.8 Å². The van der Waals surface area contributed by atoms with Crippen molar-refractivity contribution in [3.05, 3.63) is 0 Å². The summed E-state index contributed by atoms with van der Waals surface area (Å²) in [5, 5.41) is 0.162. The molecule has 19 heavy (non-hydrogen) atoms. The Bertz CT molecular complexity index is 270.